The van der Waals surface area contributed by atoms with Gasteiger partial charge in [0.25, 0.3) is 0 Å². The van der Waals surface area contributed by atoms with E-state index in [0.717, 1.165) is 50.0 Å². The van der Waals surface area contributed by atoms with Gasteiger partial charge in [0.15, 0.2) is 0 Å². The molecule has 6 aromatic carbocycles. The molecule has 0 spiro atoms. The summed E-state index contributed by atoms with van der Waals surface area (Å²) in [6, 6.07) is 55.8. The number of aromatic nitrogens is 2. The van der Waals surface area contributed by atoms with Crippen molar-refractivity contribution in [3.05, 3.63) is 197 Å². The van der Waals surface area contributed by atoms with Crippen LogP contribution in [-0.2, 0) is 20.1 Å². The van der Waals surface area contributed by atoms with Crippen LogP contribution in [0, 0.1) is 32.9 Å². The topological polar surface area (TPSA) is 38.9 Å². The van der Waals surface area contributed by atoms with Crippen LogP contribution in [0.2, 0.25) is 19.6 Å². The Balaban J connectivity index is 0.000000196. The summed E-state index contributed by atoms with van der Waals surface area (Å²) in [7, 11) is -1.40. The average Bonchev–Trinajstić information content (AvgIpc) is 3.64. The van der Waals surface area contributed by atoms with Crippen LogP contribution in [0.4, 0.5) is 0 Å². The molecule has 9 rings (SSSR count). The molecule has 0 aliphatic carbocycles. The number of pyridine rings is 2. The van der Waals surface area contributed by atoms with Gasteiger partial charge in [-0.3, -0.25) is 0 Å². The molecule has 62 heavy (non-hydrogen) atoms. The Morgan fingerprint density at radius 1 is 0.597 bits per heavy atom. The third kappa shape index (κ3) is 9.37. The molecule has 0 saturated carbocycles. The molecule has 0 fully saturated rings. The van der Waals surface area contributed by atoms with Crippen LogP contribution in [-0.4, -0.2) is 18.0 Å². The van der Waals surface area contributed by atoms with Crippen LogP contribution in [0.5, 0.6) is 0 Å². The zero-order chi connectivity index (χ0) is 42.8. The van der Waals surface area contributed by atoms with Crippen molar-refractivity contribution >= 4 is 35.2 Å². The molecule has 3 aromatic heterocycles. The summed E-state index contributed by atoms with van der Waals surface area (Å²) < 4.78 is 6.42. The fraction of sp³-hybridized carbons (Fsp3) is 0.193. The normalized spacial score (nSPS) is 11.9. The smallest absolute Gasteiger partial charge is 0.120 e. The molecular weight excluding hydrogens is 949 g/mol. The zero-order valence-electron chi connectivity index (χ0n) is 37.2. The van der Waals surface area contributed by atoms with Crippen molar-refractivity contribution in [1.82, 2.24) is 9.97 Å². The number of rotatable bonds is 8. The van der Waals surface area contributed by atoms with Crippen LogP contribution in [0.1, 0.15) is 66.0 Å². The van der Waals surface area contributed by atoms with E-state index in [4.69, 9.17) is 14.4 Å². The number of nitrogens with zero attached hydrogens (tertiary/aromatic N) is 2. The fourth-order valence-corrected chi connectivity index (χ4v) is 10.3. The standard InChI is InChI=1S/C34H28NO.C23H26NSi.Ir/c1-21-17-22(2)33(23(3)18-21)27-15-16-35-31(20-27)29-12-8-11-28-30-19-26(13-14-32(30)36-34(28)29)24(4)25-9-6-5-7-10-25;1-17(2)21-15-22(24-16-23(21)25(3,4)5)20-13-9-12-19(14-20)18-10-7-6-8-11-18;/h5-11,13-20,24H,1-4H3;6-12,14-17H,1-5H3;/q2*-1;. The van der Waals surface area contributed by atoms with Crippen molar-refractivity contribution in [2.45, 2.75) is 73.0 Å². The first-order valence-electron chi connectivity index (χ1n) is 21.4. The van der Waals surface area contributed by atoms with Crippen LogP contribution < -0.4 is 5.19 Å². The molecule has 0 aliphatic rings. The maximum absolute atomic E-state index is 6.42. The van der Waals surface area contributed by atoms with Gasteiger partial charge in [-0.15, -0.1) is 53.6 Å². The second-order valence-corrected chi connectivity index (χ2v) is 22.7. The summed E-state index contributed by atoms with van der Waals surface area (Å²) in [5.74, 6) is 0.801. The van der Waals surface area contributed by atoms with E-state index in [1.807, 2.05) is 24.4 Å². The third-order valence-corrected chi connectivity index (χ3v) is 13.8. The molecule has 313 valence electrons. The summed E-state index contributed by atoms with van der Waals surface area (Å²) in [6.45, 7) is 20.4. The van der Waals surface area contributed by atoms with Gasteiger partial charge < -0.3 is 14.4 Å². The average molecular weight is 1000 g/mol. The molecule has 0 saturated heterocycles. The minimum atomic E-state index is -1.40. The van der Waals surface area contributed by atoms with E-state index < -0.39 is 8.07 Å². The van der Waals surface area contributed by atoms with E-state index in [1.165, 1.54) is 55.3 Å². The van der Waals surface area contributed by atoms with E-state index in [0.29, 0.717) is 11.8 Å². The molecule has 1 atom stereocenters. The van der Waals surface area contributed by atoms with Gasteiger partial charge in [-0.1, -0.05) is 153 Å². The van der Waals surface area contributed by atoms with Crippen LogP contribution in [0.15, 0.2) is 156 Å². The van der Waals surface area contributed by atoms with Gasteiger partial charge >= 0.3 is 0 Å². The van der Waals surface area contributed by atoms with Crippen LogP contribution >= 0.6 is 0 Å². The van der Waals surface area contributed by atoms with Crippen LogP contribution in [0.25, 0.3) is 66.7 Å². The maximum Gasteiger partial charge on any atom is 0.120 e. The van der Waals surface area contributed by atoms with Gasteiger partial charge in [0.1, 0.15) is 5.58 Å². The fourth-order valence-electron chi connectivity index (χ4n) is 8.66. The van der Waals surface area contributed by atoms with E-state index in [9.17, 15) is 0 Å². The van der Waals surface area contributed by atoms with Gasteiger partial charge in [-0.25, -0.2) is 0 Å². The van der Waals surface area contributed by atoms with Crippen molar-refractivity contribution in [1.29, 1.82) is 0 Å². The van der Waals surface area contributed by atoms with Crippen molar-refractivity contribution in [3.8, 4) is 44.8 Å². The second kappa shape index (κ2) is 18.7. The molecule has 1 radical (unpaired) electrons. The monoisotopic (exact) mass is 1000 g/mol. The predicted molar refractivity (Wildman–Crippen MR) is 260 cm³/mol. The Morgan fingerprint density at radius 3 is 1.98 bits per heavy atom. The summed E-state index contributed by atoms with van der Waals surface area (Å²) in [5.41, 5.74) is 18.3. The van der Waals surface area contributed by atoms with Crippen molar-refractivity contribution in [2.75, 3.05) is 0 Å². The molecule has 0 N–H and O–H groups in total. The molecule has 1 unspecified atom stereocenters. The quantitative estimate of drug-likeness (QED) is 0.112. The predicted octanol–water partition coefficient (Wildman–Crippen LogP) is 15.1. The van der Waals surface area contributed by atoms with Crippen molar-refractivity contribution in [3.63, 3.8) is 0 Å². The molecule has 0 aliphatic heterocycles. The molecular formula is C57H54IrN2OSi-2. The summed E-state index contributed by atoms with van der Waals surface area (Å²) in [6.07, 6.45) is 4.00. The Labute approximate surface area is 382 Å². The van der Waals surface area contributed by atoms with E-state index in [1.54, 1.807) is 0 Å². The largest absolute Gasteiger partial charge is 0.501 e. The van der Waals surface area contributed by atoms with Gasteiger partial charge in [-0.2, -0.15) is 0 Å². The second-order valence-electron chi connectivity index (χ2n) is 17.7. The Bertz CT molecular complexity index is 2960. The molecule has 3 heterocycles. The minimum absolute atomic E-state index is 0. The summed E-state index contributed by atoms with van der Waals surface area (Å²) >= 11 is 0. The Kier molecular flexibility index (Phi) is 13.4. The molecule has 9 aromatic rings. The van der Waals surface area contributed by atoms with Crippen molar-refractivity contribution < 1.29 is 24.5 Å². The number of aryl methyl sites for hydroxylation is 3. The number of hydrogen-bond donors (Lipinski definition) is 0. The molecule has 5 heteroatoms. The number of hydrogen-bond acceptors (Lipinski definition) is 3. The molecule has 0 bridgehead atoms. The summed E-state index contributed by atoms with van der Waals surface area (Å²) in [5, 5.41) is 3.68. The zero-order valence-corrected chi connectivity index (χ0v) is 40.6. The number of furan rings is 1. The maximum atomic E-state index is 6.42. The van der Waals surface area contributed by atoms with E-state index in [2.05, 4.69) is 201 Å². The number of fused-ring (bicyclic) bond motifs is 3. The van der Waals surface area contributed by atoms with Gasteiger partial charge in [0.2, 0.25) is 0 Å². The van der Waals surface area contributed by atoms with Crippen molar-refractivity contribution in [2.24, 2.45) is 0 Å². The van der Waals surface area contributed by atoms with Crippen LogP contribution in [0.3, 0.4) is 0 Å². The SMILES string of the molecule is CC(C)c1cc(-c2[c-]ccc(-c3ccccc3)c2)ncc1[Si](C)(C)C.Cc1cc(C)c(-c2ccnc(-c3[c-]ccc4c3oc3ccc(C(C)c5ccccc5)cc34)c2)c(C)c1.[Ir]. The van der Waals surface area contributed by atoms with Gasteiger partial charge in [-0.05, 0) is 100 Å². The van der Waals surface area contributed by atoms with Gasteiger partial charge in [0, 0.05) is 43.8 Å². The Morgan fingerprint density at radius 2 is 1.29 bits per heavy atom. The molecule has 3 nitrogen and oxygen atoms in total. The summed E-state index contributed by atoms with van der Waals surface area (Å²) in [4.78, 5) is 9.52. The van der Waals surface area contributed by atoms with Gasteiger partial charge in [0.05, 0.1) is 13.7 Å². The first-order chi connectivity index (χ1) is 29.4. The first-order valence-corrected chi connectivity index (χ1v) is 24.9. The number of benzene rings is 6. The first kappa shape index (κ1) is 44.3. The van der Waals surface area contributed by atoms with E-state index in [-0.39, 0.29) is 20.1 Å². The third-order valence-electron chi connectivity index (χ3n) is 11.8. The van der Waals surface area contributed by atoms with E-state index >= 15 is 0 Å². The molecule has 0 amide bonds. The Hall–Kier alpha value is -5.71. The minimum Gasteiger partial charge on any atom is -0.501 e.